The van der Waals surface area contributed by atoms with Gasteiger partial charge in [0.25, 0.3) is 0 Å². The third-order valence-electron chi connectivity index (χ3n) is 2.31. The molecule has 1 heterocycles. The van der Waals surface area contributed by atoms with E-state index >= 15 is 0 Å². The van der Waals surface area contributed by atoms with E-state index < -0.39 is 15.9 Å². The fraction of sp³-hybridized carbons (Fsp3) is 0.778. The second-order valence-corrected chi connectivity index (χ2v) is 6.27. The zero-order valence-electron chi connectivity index (χ0n) is 9.54. The first-order valence-corrected chi connectivity index (χ1v) is 6.26. The van der Waals surface area contributed by atoms with E-state index in [2.05, 4.69) is 15.4 Å². The van der Waals surface area contributed by atoms with E-state index in [1.54, 1.807) is 0 Å². The number of hydrogen-bond donors (Lipinski definition) is 2. The Morgan fingerprint density at radius 3 is 2.67 bits per heavy atom. The second-order valence-electron chi connectivity index (χ2n) is 3.75. The van der Waals surface area contributed by atoms with Gasteiger partial charge in [-0.25, -0.2) is 4.79 Å². The molecular weight excluding hydrogens is 306 g/mol. The molecule has 18 heavy (non-hydrogen) atoms. The van der Waals surface area contributed by atoms with Gasteiger partial charge in [0.15, 0.2) is 0 Å². The molecular formula is C9H13Cl3N2O4. The molecule has 0 aromatic rings. The highest BCUT2D eigenvalue weighted by Crippen LogP contribution is 2.25. The van der Waals surface area contributed by atoms with Crippen LogP contribution >= 0.6 is 34.8 Å². The van der Waals surface area contributed by atoms with Gasteiger partial charge in [0.05, 0.1) is 7.11 Å². The number of alkyl halides is 3. The molecule has 1 amide bonds. The maximum atomic E-state index is 11.3. The molecule has 0 unspecified atom stereocenters. The molecule has 1 aliphatic rings. The zero-order valence-corrected chi connectivity index (χ0v) is 11.8. The maximum absolute atomic E-state index is 11.3. The van der Waals surface area contributed by atoms with Crippen molar-refractivity contribution in [2.75, 3.05) is 20.3 Å². The SMILES string of the molecule is COC(=O)[C@@H]1C[C@@H](NC(=O)OCC(Cl)(Cl)Cl)CN1. The Morgan fingerprint density at radius 1 is 1.44 bits per heavy atom. The lowest BCUT2D eigenvalue weighted by atomic mass is 10.2. The first kappa shape index (κ1) is 15.6. The fourth-order valence-electron chi connectivity index (χ4n) is 1.52. The van der Waals surface area contributed by atoms with Crippen molar-refractivity contribution in [2.24, 2.45) is 0 Å². The molecule has 1 fully saturated rings. The van der Waals surface area contributed by atoms with Gasteiger partial charge in [0.2, 0.25) is 3.79 Å². The van der Waals surface area contributed by atoms with Crippen LogP contribution in [0, 0.1) is 0 Å². The summed E-state index contributed by atoms with van der Waals surface area (Å²) in [6, 6.07) is -0.648. The van der Waals surface area contributed by atoms with Gasteiger partial charge < -0.3 is 20.1 Å². The maximum Gasteiger partial charge on any atom is 0.407 e. The van der Waals surface area contributed by atoms with Crippen LogP contribution in [0.25, 0.3) is 0 Å². The van der Waals surface area contributed by atoms with E-state index in [0.717, 1.165) is 0 Å². The van der Waals surface area contributed by atoms with E-state index in [0.29, 0.717) is 13.0 Å². The minimum atomic E-state index is -1.64. The Labute approximate surface area is 119 Å². The summed E-state index contributed by atoms with van der Waals surface area (Å²) in [5, 5.41) is 5.47. The molecule has 0 bridgehead atoms. The molecule has 1 aliphatic heterocycles. The van der Waals surface area contributed by atoms with Crippen molar-refractivity contribution in [1.82, 2.24) is 10.6 Å². The summed E-state index contributed by atoms with van der Waals surface area (Å²) in [6.45, 7) is 0.104. The van der Waals surface area contributed by atoms with Crippen LogP contribution in [-0.2, 0) is 14.3 Å². The highest BCUT2D eigenvalue weighted by atomic mass is 35.6. The van der Waals surface area contributed by atoms with Crippen molar-refractivity contribution in [1.29, 1.82) is 0 Å². The van der Waals surface area contributed by atoms with Gasteiger partial charge in [-0.1, -0.05) is 34.8 Å². The summed E-state index contributed by atoms with van der Waals surface area (Å²) in [5.41, 5.74) is 0. The molecule has 0 aromatic carbocycles. The van der Waals surface area contributed by atoms with E-state index in [4.69, 9.17) is 39.5 Å². The van der Waals surface area contributed by atoms with Crippen LogP contribution < -0.4 is 10.6 Å². The first-order chi connectivity index (χ1) is 8.31. The molecule has 0 spiro atoms. The summed E-state index contributed by atoms with van der Waals surface area (Å²) in [6.07, 6.45) is -0.270. The fourth-order valence-corrected chi connectivity index (χ4v) is 1.69. The van der Waals surface area contributed by atoms with Crippen molar-refractivity contribution >= 4 is 46.9 Å². The van der Waals surface area contributed by atoms with Crippen molar-refractivity contribution in [3.8, 4) is 0 Å². The van der Waals surface area contributed by atoms with E-state index in [1.165, 1.54) is 7.11 Å². The van der Waals surface area contributed by atoms with Crippen molar-refractivity contribution < 1.29 is 19.1 Å². The molecule has 2 atom stereocenters. The molecule has 1 saturated heterocycles. The summed E-state index contributed by atoms with van der Waals surface area (Å²) in [4.78, 5) is 22.6. The molecule has 6 nitrogen and oxygen atoms in total. The summed E-state index contributed by atoms with van der Waals surface area (Å²) < 4.78 is 7.64. The standard InChI is InChI=1S/C9H13Cl3N2O4/c1-17-7(15)6-2-5(3-13-6)14-8(16)18-4-9(10,11)12/h5-6,13H,2-4H2,1H3,(H,14,16)/t5-,6+/m1/s1. The summed E-state index contributed by atoms with van der Waals surface area (Å²) in [5.74, 6) is -0.367. The monoisotopic (exact) mass is 318 g/mol. The quantitative estimate of drug-likeness (QED) is 0.599. The number of esters is 1. The van der Waals surface area contributed by atoms with Gasteiger partial charge in [-0.15, -0.1) is 0 Å². The first-order valence-electron chi connectivity index (χ1n) is 5.13. The van der Waals surface area contributed by atoms with Crippen LogP contribution in [0.15, 0.2) is 0 Å². The van der Waals surface area contributed by atoms with Crippen LogP contribution in [0.5, 0.6) is 0 Å². The lowest BCUT2D eigenvalue weighted by molar-refractivity contribution is -0.142. The van der Waals surface area contributed by atoms with Crippen LogP contribution in [0.1, 0.15) is 6.42 Å². The topological polar surface area (TPSA) is 76.7 Å². The number of ether oxygens (including phenoxy) is 2. The second kappa shape index (κ2) is 6.65. The van der Waals surface area contributed by atoms with Crippen molar-refractivity contribution in [2.45, 2.75) is 22.3 Å². The van der Waals surface area contributed by atoms with Gasteiger partial charge in [0, 0.05) is 12.6 Å². The Hall–Kier alpha value is -0.430. The molecule has 2 N–H and O–H groups in total. The molecule has 0 radical (unpaired) electrons. The lowest BCUT2D eigenvalue weighted by Gasteiger charge is -2.14. The molecule has 0 aromatic heterocycles. The van der Waals surface area contributed by atoms with Gasteiger partial charge in [-0.3, -0.25) is 4.79 Å². The van der Waals surface area contributed by atoms with Crippen molar-refractivity contribution in [3.63, 3.8) is 0 Å². The third-order valence-corrected chi connectivity index (χ3v) is 2.63. The summed E-state index contributed by atoms with van der Waals surface area (Å²) in [7, 11) is 1.31. The number of nitrogens with one attached hydrogen (secondary N) is 2. The van der Waals surface area contributed by atoms with Crippen LogP contribution in [-0.4, -0.2) is 48.2 Å². The Morgan fingerprint density at radius 2 is 2.11 bits per heavy atom. The van der Waals surface area contributed by atoms with Gasteiger partial charge in [-0.2, -0.15) is 0 Å². The lowest BCUT2D eigenvalue weighted by Crippen LogP contribution is -2.37. The van der Waals surface area contributed by atoms with E-state index in [1.807, 2.05) is 0 Å². The van der Waals surface area contributed by atoms with Gasteiger partial charge in [0.1, 0.15) is 12.6 Å². The number of amides is 1. The van der Waals surface area contributed by atoms with Crippen LogP contribution in [0.2, 0.25) is 0 Å². The van der Waals surface area contributed by atoms with E-state index in [9.17, 15) is 9.59 Å². The Bertz CT molecular complexity index is 321. The molecule has 9 heteroatoms. The Kier molecular flexibility index (Phi) is 5.78. The largest absolute Gasteiger partial charge is 0.468 e. The van der Waals surface area contributed by atoms with Crippen LogP contribution in [0.4, 0.5) is 4.79 Å². The number of carbonyl (C=O) groups is 2. The predicted molar refractivity (Wildman–Crippen MR) is 67.0 cm³/mol. The summed E-state index contributed by atoms with van der Waals surface area (Å²) >= 11 is 16.3. The number of methoxy groups -OCH3 is 1. The number of hydrogen-bond acceptors (Lipinski definition) is 5. The molecule has 0 aliphatic carbocycles. The molecule has 0 saturated carbocycles. The third kappa shape index (κ3) is 5.48. The normalized spacial score (nSPS) is 23.6. The van der Waals surface area contributed by atoms with E-state index in [-0.39, 0.29) is 18.6 Å². The molecule has 104 valence electrons. The number of halogens is 3. The molecule has 1 rings (SSSR count). The number of alkyl carbamates (subject to hydrolysis) is 1. The Balaban J connectivity index is 2.28. The minimum absolute atomic E-state index is 0.225. The highest BCUT2D eigenvalue weighted by molar-refractivity contribution is 6.67. The van der Waals surface area contributed by atoms with Crippen molar-refractivity contribution in [3.05, 3.63) is 0 Å². The average molecular weight is 320 g/mol. The van der Waals surface area contributed by atoms with Gasteiger partial charge >= 0.3 is 12.1 Å². The zero-order chi connectivity index (χ0) is 13.8. The number of carbonyl (C=O) groups excluding carboxylic acids is 2. The average Bonchev–Trinajstić information content (AvgIpc) is 2.73. The minimum Gasteiger partial charge on any atom is -0.468 e. The number of rotatable bonds is 3. The van der Waals surface area contributed by atoms with Crippen LogP contribution in [0.3, 0.4) is 0 Å². The van der Waals surface area contributed by atoms with Gasteiger partial charge in [-0.05, 0) is 6.42 Å². The predicted octanol–water partition coefficient (Wildman–Crippen LogP) is 0.986. The smallest absolute Gasteiger partial charge is 0.407 e. The highest BCUT2D eigenvalue weighted by Gasteiger charge is 2.31.